The van der Waals surface area contributed by atoms with Crippen molar-refractivity contribution in [3.05, 3.63) is 33.9 Å². The summed E-state index contributed by atoms with van der Waals surface area (Å²) in [7, 11) is 0. The summed E-state index contributed by atoms with van der Waals surface area (Å²) in [6.07, 6.45) is 0.558. The molecule has 0 fully saturated rings. The summed E-state index contributed by atoms with van der Waals surface area (Å²) in [5.41, 5.74) is 0.199. The van der Waals surface area contributed by atoms with E-state index >= 15 is 0 Å². The lowest BCUT2D eigenvalue weighted by Crippen LogP contribution is -1.86. The average molecular weight is 215 g/mol. The van der Waals surface area contributed by atoms with Crippen molar-refractivity contribution in [1.82, 2.24) is 0 Å². The molecule has 0 aliphatic heterocycles. The fraction of sp³-hybridized carbons (Fsp3) is 0. The van der Waals surface area contributed by atoms with Crippen LogP contribution in [-0.2, 0) is 0 Å². The standard InChI is InChI=1S/C9H4ClFOS/c10-7-6(4-12)3-5-1-2-13-9(5)8(7)11/h1-4H. The van der Waals surface area contributed by atoms with E-state index in [1.54, 1.807) is 17.5 Å². The molecule has 66 valence electrons. The summed E-state index contributed by atoms with van der Waals surface area (Å²) >= 11 is 6.90. The first-order chi connectivity index (χ1) is 6.24. The van der Waals surface area contributed by atoms with Gasteiger partial charge in [0, 0.05) is 5.56 Å². The number of hydrogen-bond acceptors (Lipinski definition) is 2. The first-order valence-electron chi connectivity index (χ1n) is 3.54. The topological polar surface area (TPSA) is 17.1 Å². The highest BCUT2D eigenvalue weighted by Gasteiger charge is 2.11. The minimum absolute atomic E-state index is 0.0926. The van der Waals surface area contributed by atoms with Crippen LogP contribution in [0.25, 0.3) is 10.1 Å². The Morgan fingerprint density at radius 2 is 2.31 bits per heavy atom. The van der Waals surface area contributed by atoms with Crippen LogP contribution < -0.4 is 0 Å². The van der Waals surface area contributed by atoms with Crippen LogP contribution >= 0.6 is 22.9 Å². The second-order valence-corrected chi connectivity index (χ2v) is 3.84. The Bertz CT molecular complexity index is 478. The lowest BCUT2D eigenvalue weighted by atomic mass is 10.2. The number of hydrogen-bond donors (Lipinski definition) is 0. The number of carbonyl (C=O) groups is 1. The van der Waals surface area contributed by atoms with Gasteiger partial charge in [0.05, 0.1) is 9.72 Å². The molecule has 1 nitrogen and oxygen atoms in total. The molecule has 0 bridgehead atoms. The van der Waals surface area contributed by atoms with E-state index in [-0.39, 0.29) is 10.6 Å². The predicted molar refractivity (Wildman–Crippen MR) is 52.2 cm³/mol. The van der Waals surface area contributed by atoms with E-state index in [1.807, 2.05) is 0 Å². The van der Waals surface area contributed by atoms with Crippen molar-refractivity contribution in [2.24, 2.45) is 0 Å². The van der Waals surface area contributed by atoms with Gasteiger partial charge in [0.25, 0.3) is 0 Å². The highest BCUT2D eigenvalue weighted by Crippen LogP contribution is 2.31. The molecular weight excluding hydrogens is 211 g/mol. The van der Waals surface area contributed by atoms with Crippen LogP contribution in [0.4, 0.5) is 4.39 Å². The van der Waals surface area contributed by atoms with Gasteiger partial charge in [-0.3, -0.25) is 4.79 Å². The van der Waals surface area contributed by atoms with Crippen molar-refractivity contribution in [3.63, 3.8) is 0 Å². The second kappa shape index (κ2) is 3.09. The molecule has 0 atom stereocenters. The van der Waals surface area contributed by atoms with Crippen LogP contribution in [0, 0.1) is 5.82 Å². The van der Waals surface area contributed by atoms with Gasteiger partial charge in [0.1, 0.15) is 0 Å². The Kier molecular flexibility index (Phi) is 2.06. The molecular formula is C9H4ClFOS. The third-order valence-electron chi connectivity index (χ3n) is 1.78. The summed E-state index contributed by atoms with van der Waals surface area (Å²) in [5, 5.41) is 2.39. The quantitative estimate of drug-likeness (QED) is 0.664. The maximum absolute atomic E-state index is 13.4. The van der Waals surface area contributed by atoms with Crippen LogP contribution in [0.2, 0.25) is 5.02 Å². The minimum Gasteiger partial charge on any atom is -0.298 e. The summed E-state index contributed by atoms with van der Waals surface area (Å²) in [6, 6.07) is 3.34. The van der Waals surface area contributed by atoms with Crippen LogP contribution in [0.5, 0.6) is 0 Å². The maximum Gasteiger partial charge on any atom is 0.160 e. The number of aldehydes is 1. The lowest BCUT2D eigenvalue weighted by Gasteiger charge is -1.98. The van der Waals surface area contributed by atoms with Gasteiger partial charge >= 0.3 is 0 Å². The number of fused-ring (bicyclic) bond motifs is 1. The molecule has 1 aromatic carbocycles. The SMILES string of the molecule is O=Cc1cc2ccsc2c(F)c1Cl. The molecule has 0 spiro atoms. The Labute approximate surface area is 82.7 Å². The Morgan fingerprint density at radius 3 is 3.00 bits per heavy atom. The van der Waals surface area contributed by atoms with Crippen molar-refractivity contribution < 1.29 is 9.18 Å². The number of halogens is 2. The van der Waals surface area contributed by atoms with E-state index in [4.69, 9.17) is 11.6 Å². The van der Waals surface area contributed by atoms with Crippen molar-refractivity contribution in [3.8, 4) is 0 Å². The number of rotatable bonds is 1. The predicted octanol–water partition coefficient (Wildman–Crippen LogP) is 3.51. The highest BCUT2D eigenvalue weighted by atomic mass is 35.5. The molecule has 1 aromatic heterocycles. The summed E-state index contributed by atoms with van der Waals surface area (Å²) < 4.78 is 13.9. The van der Waals surface area contributed by atoms with Gasteiger partial charge < -0.3 is 0 Å². The number of thiophene rings is 1. The molecule has 0 radical (unpaired) electrons. The normalized spacial score (nSPS) is 10.6. The smallest absolute Gasteiger partial charge is 0.160 e. The monoisotopic (exact) mass is 214 g/mol. The lowest BCUT2D eigenvalue weighted by molar-refractivity contribution is 0.112. The van der Waals surface area contributed by atoms with E-state index in [0.29, 0.717) is 16.4 Å². The van der Waals surface area contributed by atoms with E-state index in [0.717, 1.165) is 0 Å². The largest absolute Gasteiger partial charge is 0.298 e. The second-order valence-electron chi connectivity index (χ2n) is 2.55. The summed E-state index contributed by atoms with van der Waals surface area (Å²) in [6.45, 7) is 0. The van der Waals surface area contributed by atoms with Crippen molar-refractivity contribution in [1.29, 1.82) is 0 Å². The van der Waals surface area contributed by atoms with Crippen LogP contribution in [0.15, 0.2) is 17.5 Å². The molecule has 0 unspecified atom stereocenters. The molecule has 0 aliphatic rings. The first-order valence-corrected chi connectivity index (χ1v) is 4.80. The molecule has 4 heteroatoms. The molecule has 0 N–H and O–H groups in total. The van der Waals surface area contributed by atoms with Crippen molar-refractivity contribution >= 4 is 39.3 Å². The fourth-order valence-corrected chi connectivity index (χ4v) is 2.22. The van der Waals surface area contributed by atoms with Gasteiger partial charge in [-0.2, -0.15) is 0 Å². The van der Waals surface area contributed by atoms with E-state index in [1.165, 1.54) is 11.3 Å². The van der Waals surface area contributed by atoms with Crippen LogP contribution in [0.1, 0.15) is 10.4 Å². The van der Waals surface area contributed by atoms with Gasteiger partial charge in [-0.15, -0.1) is 11.3 Å². The fourth-order valence-electron chi connectivity index (χ4n) is 1.15. The summed E-state index contributed by atoms with van der Waals surface area (Å²) in [5.74, 6) is -0.503. The first kappa shape index (κ1) is 8.66. The Balaban J connectivity index is 2.91. The maximum atomic E-state index is 13.4. The average Bonchev–Trinajstić information content (AvgIpc) is 2.59. The third-order valence-corrected chi connectivity index (χ3v) is 3.09. The number of carbonyl (C=O) groups excluding carboxylic acids is 1. The molecule has 1 heterocycles. The van der Waals surface area contributed by atoms with Gasteiger partial charge in [-0.05, 0) is 22.9 Å². The Hall–Kier alpha value is -0.930. The van der Waals surface area contributed by atoms with Gasteiger partial charge in [-0.1, -0.05) is 11.6 Å². The van der Waals surface area contributed by atoms with E-state index in [9.17, 15) is 9.18 Å². The molecule has 13 heavy (non-hydrogen) atoms. The molecule has 0 amide bonds. The van der Waals surface area contributed by atoms with Gasteiger partial charge in [0.15, 0.2) is 12.1 Å². The van der Waals surface area contributed by atoms with Crippen molar-refractivity contribution in [2.45, 2.75) is 0 Å². The molecule has 2 rings (SSSR count). The molecule has 0 saturated heterocycles. The van der Waals surface area contributed by atoms with Gasteiger partial charge in [-0.25, -0.2) is 4.39 Å². The van der Waals surface area contributed by atoms with Crippen LogP contribution in [-0.4, -0.2) is 6.29 Å². The molecule has 2 aromatic rings. The highest BCUT2D eigenvalue weighted by molar-refractivity contribution is 7.17. The Morgan fingerprint density at radius 1 is 1.54 bits per heavy atom. The van der Waals surface area contributed by atoms with Crippen molar-refractivity contribution in [2.75, 3.05) is 0 Å². The zero-order chi connectivity index (χ0) is 9.42. The number of benzene rings is 1. The zero-order valence-electron chi connectivity index (χ0n) is 6.38. The van der Waals surface area contributed by atoms with E-state index < -0.39 is 5.82 Å². The van der Waals surface area contributed by atoms with E-state index in [2.05, 4.69) is 0 Å². The molecule has 0 saturated carbocycles. The minimum atomic E-state index is -0.503. The summed E-state index contributed by atoms with van der Waals surface area (Å²) in [4.78, 5) is 10.5. The van der Waals surface area contributed by atoms with Gasteiger partial charge in [0.2, 0.25) is 0 Å². The zero-order valence-corrected chi connectivity index (χ0v) is 7.95. The molecule has 0 aliphatic carbocycles. The van der Waals surface area contributed by atoms with Crippen LogP contribution in [0.3, 0.4) is 0 Å². The third kappa shape index (κ3) is 1.24.